The van der Waals surface area contributed by atoms with Crippen LogP contribution < -0.4 is 5.73 Å². The fourth-order valence-electron chi connectivity index (χ4n) is 1.88. The number of rotatable bonds is 6. The van der Waals surface area contributed by atoms with Gasteiger partial charge in [-0.25, -0.2) is 0 Å². The van der Waals surface area contributed by atoms with E-state index in [1.807, 2.05) is 18.7 Å². The van der Waals surface area contributed by atoms with Crippen molar-refractivity contribution in [2.24, 2.45) is 11.1 Å². The molecule has 0 spiro atoms. The van der Waals surface area contributed by atoms with E-state index < -0.39 is 0 Å². The highest BCUT2D eigenvalue weighted by Crippen LogP contribution is 2.19. The molecule has 0 aliphatic rings. The van der Waals surface area contributed by atoms with Gasteiger partial charge in [-0.1, -0.05) is 20.8 Å². The molecule has 1 aromatic heterocycles. The van der Waals surface area contributed by atoms with Gasteiger partial charge in [0.1, 0.15) is 5.76 Å². The summed E-state index contributed by atoms with van der Waals surface area (Å²) in [5.74, 6) is 0.786. The van der Waals surface area contributed by atoms with Crippen LogP contribution >= 0.6 is 0 Å². The van der Waals surface area contributed by atoms with Gasteiger partial charge in [0.05, 0.1) is 11.8 Å². The zero-order valence-corrected chi connectivity index (χ0v) is 11.8. The molecule has 0 aliphatic heterocycles. The minimum Gasteiger partial charge on any atom is -0.469 e. The third-order valence-corrected chi connectivity index (χ3v) is 3.14. The van der Waals surface area contributed by atoms with Crippen LogP contribution in [-0.4, -0.2) is 30.4 Å². The van der Waals surface area contributed by atoms with Crippen LogP contribution in [0.25, 0.3) is 0 Å². The molecule has 1 heterocycles. The molecular weight excluding hydrogens is 228 g/mol. The smallest absolute Gasteiger partial charge is 0.257 e. The van der Waals surface area contributed by atoms with Gasteiger partial charge in [-0.05, 0) is 24.9 Å². The minimum atomic E-state index is -0.0677. The van der Waals surface area contributed by atoms with Crippen LogP contribution in [-0.2, 0) is 6.42 Å². The summed E-state index contributed by atoms with van der Waals surface area (Å²) in [4.78, 5) is 14.3. The van der Waals surface area contributed by atoms with Crippen LogP contribution in [0, 0.1) is 5.41 Å². The molecule has 0 atom stereocenters. The Kier molecular flexibility index (Phi) is 4.96. The fraction of sp³-hybridized carbons (Fsp3) is 0.643. The average molecular weight is 252 g/mol. The Morgan fingerprint density at radius 1 is 1.44 bits per heavy atom. The molecule has 0 aromatic carbocycles. The van der Waals surface area contributed by atoms with Crippen molar-refractivity contribution < 1.29 is 9.21 Å². The van der Waals surface area contributed by atoms with Crippen LogP contribution in [0.15, 0.2) is 16.7 Å². The summed E-state index contributed by atoms with van der Waals surface area (Å²) in [5.41, 5.74) is 6.33. The number of aryl methyl sites for hydroxylation is 1. The molecule has 2 N–H and O–H groups in total. The van der Waals surface area contributed by atoms with Gasteiger partial charge in [0, 0.05) is 19.5 Å². The summed E-state index contributed by atoms with van der Waals surface area (Å²) in [7, 11) is 0. The average Bonchev–Trinajstić information content (AvgIpc) is 2.83. The van der Waals surface area contributed by atoms with Crippen molar-refractivity contribution in [2.45, 2.75) is 34.1 Å². The van der Waals surface area contributed by atoms with Gasteiger partial charge in [-0.15, -0.1) is 0 Å². The van der Waals surface area contributed by atoms with Gasteiger partial charge in [-0.3, -0.25) is 4.79 Å². The Labute approximate surface area is 109 Å². The highest BCUT2D eigenvalue weighted by Gasteiger charge is 2.25. The van der Waals surface area contributed by atoms with Crippen molar-refractivity contribution in [1.82, 2.24) is 4.90 Å². The quantitative estimate of drug-likeness (QED) is 0.845. The number of hydrogen-bond acceptors (Lipinski definition) is 3. The summed E-state index contributed by atoms with van der Waals surface area (Å²) in [6.45, 7) is 10.00. The van der Waals surface area contributed by atoms with E-state index in [9.17, 15) is 4.79 Å². The Morgan fingerprint density at radius 3 is 2.61 bits per heavy atom. The second-order valence-electron chi connectivity index (χ2n) is 5.30. The van der Waals surface area contributed by atoms with Gasteiger partial charge >= 0.3 is 0 Å². The predicted molar refractivity (Wildman–Crippen MR) is 72.5 cm³/mol. The van der Waals surface area contributed by atoms with Crippen LogP contribution in [0.5, 0.6) is 0 Å². The van der Waals surface area contributed by atoms with Crippen molar-refractivity contribution in [2.75, 3.05) is 19.6 Å². The fourth-order valence-corrected chi connectivity index (χ4v) is 1.88. The third kappa shape index (κ3) is 3.35. The van der Waals surface area contributed by atoms with E-state index in [0.29, 0.717) is 25.2 Å². The molecule has 0 saturated carbocycles. The summed E-state index contributed by atoms with van der Waals surface area (Å²) < 4.78 is 5.31. The summed E-state index contributed by atoms with van der Waals surface area (Å²) in [6.07, 6.45) is 2.31. The molecule has 0 saturated heterocycles. The number of nitrogens with zero attached hydrogens (tertiary/aromatic N) is 1. The van der Waals surface area contributed by atoms with Crippen molar-refractivity contribution in [1.29, 1.82) is 0 Å². The van der Waals surface area contributed by atoms with Gasteiger partial charge in [0.25, 0.3) is 5.91 Å². The first-order valence-electron chi connectivity index (χ1n) is 6.51. The Morgan fingerprint density at radius 2 is 2.11 bits per heavy atom. The lowest BCUT2D eigenvalue weighted by Crippen LogP contribution is -2.42. The lowest BCUT2D eigenvalue weighted by atomic mass is 9.93. The van der Waals surface area contributed by atoms with E-state index in [4.69, 9.17) is 10.2 Å². The molecule has 102 valence electrons. The number of nitrogens with two attached hydrogens (primary N) is 1. The molecular formula is C14H24N2O2. The number of carbonyl (C=O) groups is 1. The zero-order valence-electron chi connectivity index (χ0n) is 11.8. The molecule has 0 radical (unpaired) electrons. The molecule has 1 rings (SSSR count). The normalized spacial score (nSPS) is 11.6. The van der Waals surface area contributed by atoms with Crippen LogP contribution in [0.4, 0.5) is 0 Å². The summed E-state index contributed by atoms with van der Waals surface area (Å²) >= 11 is 0. The number of amides is 1. The summed E-state index contributed by atoms with van der Waals surface area (Å²) in [5, 5.41) is 0. The lowest BCUT2D eigenvalue weighted by Gasteiger charge is -2.31. The molecule has 4 heteroatoms. The van der Waals surface area contributed by atoms with Crippen LogP contribution in [0.2, 0.25) is 0 Å². The predicted octanol–water partition coefficient (Wildman–Crippen LogP) is 2.29. The van der Waals surface area contributed by atoms with Crippen molar-refractivity contribution in [3.8, 4) is 0 Å². The maximum absolute atomic E-state index is 12.4. The van der Waals surface area contributed by atoms with E-state index in [1.54, 1.807) is 12.3 Å². The van der Waals surface area contributed by atoms with Crippen molar-refractivity contribution in [3.05, 3.63) is 23.7 Å². The van der Waals surface area contributed by atoms with Crippen molar-refractivity contribution in [3.63, 3.8) is 0 Å². The molecule has 0 unspecified atom stereocenters. The third-order valence-electron chi connectivity index (χ3n) is 3.14. The van der Waals surface area contributed by atoms with E-state index in [-0.39, 0.29) is 11.3 Å². The van der Waals surface area contributed by atoms with Gasteiger partial charge in [-0.2, -0.15) is 0 Å². The van der Waals surface area contributed by atoms with Crippen molar-refractivity contribution >= 4 is 5.91 Å². The van der Waals surface area contributed by atoms with Crippen LogP contribution in [0.3, 0.4) is 0 Å². The standard InChI is InChI=1S/C14H24N2O2/c1-5-12-11(7-8-18-12)13(17)16(6-2)10-14(3,4)9-15/h7-8H,5-6,9-10,15H2,1-4H3. The SMILES string of the molecule is CCc1occc1C(=O)N(CC)CC(C)(C)CN. The molecule has 0 bridgehead atoms. The molecule has 4 nitrogen and oxygen atoms in total. The first kappa shape index (κ1) is 14.8. The Bertz CT molecular complexity index is 396. The topological polar surface area (TPSA) is 59.5 Å². The van der Waals surface area contributed by atoms with Crippen LogP contribution in [0.1, 0.15) is 43.8 Å². The number of furan rings is 1. The van der Waals surface area contributed by atoms with E-state index >= 15 is 0 Å². The lowest BCUT2D eigenvalue weighted by molar-refractivity contribution is 0.0698. The zero-order chi connectivity index (χ0) is 13.8. The summed E-state index contributed by atoms with van der Waals surface area (Å²) in [6, 6.07) is 1.75. The maximum Gasteiger partial charge on any atom is 0.257 e. The second-order valence-corrected chi connectivity index (χ2v) is 5.30. The maximum atomic E-state index is 12.4. The van der Waals surface area contributed by atoms with Gasteiger partial charge in [0.2, 0.25) is 0 Å². The molecule has 1 aromatic rings. The highest BCUT2D eigenvalue weighted by atomic mass is 16.3. The van der Waals surface area contributed by atoms with Gasteiger partial charge < -0.3 is 15.1 Å². The number of hydrogen-bond donors (Lipinski definition) is 1. The minimum absolute atomic E-state index is 0.0321. The van der Waals surface area contributed by atoms with Gasteiger partial charge in [0.15, 0.2) is 0 Å². The highest BCUT2D eigenvalue weighted by molar-refractivity contribution is 5.95. The monoisotopic (exact) mass is 252 g/mol. The Hall–Kier alpha value is -1.29. The van der Waals surface area contributed by atoms with E-state index in [2.05, 4.69) is 13.8 Å². The molecule has 18 heavy (non-hydrogen) atoms. The Balaban J connectivity index is 2.86. The first-order valence-corrected chi connectivity index (χ1v) is 6.51. The molecule has 0 fully saturated rings. The number of carbonyl (C=O) groups excluding carboxylic acids is 1. The largest absolute Gasteiger partial charge is 0.469 e. The second kappa shape index (κ2) is 6.05. The molecule has 0 aliphatic carbocycles. The molecule has 1 amide bonds. The van der Waals surface area contributed by atoms with E-state index in [0.717, 1.165) is 12.2 Å². The first-order chi connectivity index (χ1) is 8.45. The van der Waals surface area contributed by atoms with E-state index in [1.165, 1.54) is 0 Å².